The number of alkyl carbamates (subject to hydrolysis) is 1. The van der Waals surface area contributed by atoms with Crippen LogP contribution in [0.2, 0.25) is 0 Å². The average molecular weight is 542 g/mol. The Hall–Kier alpha value is -2.68. The zero-order valence-electron chi connectivity index (χ0n) is 22.4. The lowest BCUT2D eigenvalue weighted by molar-refractivity contribution is -0.151. The van der Waals surface area contributed by atoms with Crippen LogP contribution in [0.5, 0.6) is 0 Å². The van der Waals surface area contributed by atoms with Gasteiger partial charge in [0.25, 0.3) is 0 Å². The van der Waals surface area contributed by atoms with Gasteiger partial charge in [0.1, 0.15) is 17.7 Å². The molecule has 9 heteroatoms. The molecule has 1 heterocycles. The zero-order chi connectivity index (χ0) is 27.0. The van der Waals surface area contributed by atoms with Crippen molar-refractivity contribution in [3.8, 4) is 0 Å². The number of nitrogens with one attached hydrogen (secondary N) is 2. The second kappa shape index (κ2) is 10.8. The number of thioether (sulfide) groups is 1. The van der Waals surface area contributed by atoms with Crippen molar-refractivity contribution >= 4 is 40.6 Å². The topological polar surface area (TPSA) is 112 Å². The normalized spacial score (nSPS) is 28.0. The minimum atomic E-state index is -1.39. The number of fused-ring (bicyclic) bond motifs is 1. The lowest BCUT2D eigenvalue weighted by Crippen LogP contribution is -2.62. The predicted molar refractivity (Wildman–Crippen MR) is 148 cm³/mol. The Kier molecular flexibility index (Phi) is 7.67. The van der Waals surface area contributed by atoms with E-state index in [0.29, 0.717) is 24.0 Å². The summed E-state index contributed by atoms with van der Waals surface area (Å²) in [6.07, 6.45) is 9.37. The Morgan fingerprint density at radius 1 is 1.16 bits per heavy atom. The largest absolute Gasteiger partial charge is 0.480 e. The van der Waals surface area contributed by atoms with E-state index in [-0.39, 0.29) is 12.5 Å². The number of hydrogen-bond donors (Lipinski definition) is 3. The van der Waals surface area contributed by atoms with E-state index in [1.165, 1.54) is 30.1 Å². The fourth-order valence-electron chi connectivity index (χ4n) is 7.52. The first-order valence-corrected chi connectivity index (χ1v) is 15.1. The SMILES string of the molecule is CSCC[C@@H](C(=O)O)N(C)C(=O)[C@@](C)(Cc1c[nH]c2ccccc12)NC(=O)OC1C2CC3CC(C2)CC1C3. The minimum absolute atomic E-state index is 0.110. The standard InChI is InChI=1S/C29H39N3O5S/c1-29(15-21-16-30-23-7-5-4-6-22(21)23,27(35)32(2)24(26(33)34)8-9-38-3)31-28(36)37-25-19-11-17-10-18(13-19)14-20(25)12-17/h4-7,16-20,24-25,30H,8-15H2,1-3H3,(H,31,36)(H,33,34)/t17?,18?,19?,20?,24-,25?,29+/m0/s1. The van der Waals surface area contributed by atoms with Crippen molar-refractivity contribution in [2.24, 2.45) is 23.7 Å². The molecule has 4 aliphatic rings. The molecule has 4 saturated carbocycles. The number of carbonyl (C=O) groups is 3. The minimum Gasteiger partial charge on any atom is -0.480 e. The molecular formula is C29H39N3O5S. The van der Waals surface area contributed by atoms with Gasteiger partial charge in [-0.25, -0.2) is 9.59 Å². The number of hydrogen-bond acceptors (Lipinski definition) is 5. The number of aromatic amines is 1. The van der Waals surface area contributed by atoms with E-state index in [9.17, 15) is 19.5 Å². The molecule has 4 fully saturated rings. The third-order valence-electron chi connectivity index (χ3n) is 9.12. The molecule has 0 saturated heterocycles. The van der Waals surface area contributed by atoms with Gasteiger partial charge in [-0.05, 0) is 92.8 Å². The summed E-state index contributed by atoms with van der Waals surface area (Å²) in [4.78, 5) is 44.0. The maximum absolute atomic E-state index is 14.0. The summed E-state index contributed by atoms with van der Waals surface area (Å²) in [7, 11) is 1.51. The van der Waals surface area contributed by atoms with Crippen LogP contribution in [0, 0.1) is 23.7 Å². The highest BCUT2D eigenvalue weighted by atomic mass is 32.2. The number of para-hydroxylation sites is 1. The summed E-state index contributed by atoms with van der Waals surface area (Å²) < 4.78 is 6.08. The smallest absolute Gasteiger partial charge is 0.408 e. The predicted octanol–water partition coefficient (Wildman–Crippen LogP) is 4.68. The van der Waals surface area contributed by atoms with Gasteiger partial charge in [-0.1, -0.05) is 18.2 Å². The fraction of sp³-hybridized carbons (Fsp3) is 0.621. The van der Waals surface area contributed by atoms with Gasteiger partial charge in [-0.2, -0.15) is 11.8 Å². The van der Waals surface area contributed by atoms with E-state index in [2.05, 4.69) is 10.3 Å². The highest BCUT2D eigenvalue weighted by Gasteiger charge is 2.50. The Labute approximate surface area is 228 Å². The molecule has 4 bridgehead atoms. The quantitative estimate of drug-likeness (QED) is 0.403. The van der Waals surface area contributed by atoms with Crippen molar-refractivity contribution in [3.05, 3.63) is 36.0 Å². The van der Waals surface area contributed by atoms with E-state index < -0.39 is 29.6 Å². The van der Waals surface area contributed by atoms with E-state index >= 15 is 0 Å². The maximum Gasteiger partial charge on any atom is 0.408 e. The highest BCUT2D eigenvalue weighted by Crippen LogP contribution is 2.54. The number of rotatable bonds is 10. The summed E-state index contributed by atoms with van der Waals surface area (Å²) in [6.45, 7) is 1.68. The molecule has 0 unspecified atom stereocenters. The van der Waals surface area contributed by atoms with Crippen molar-refractivity contribution < 1.29 is 24.2 Å². The van der Waals surface area contributed by atoms with Crippen LogP contribution in [0.4, 0.5) is 4.79 Å². The van der Waals surface area contributed by atoms with Crippen molar-refractivity contribution in [2.45, 2.75) is 69.6 Å². The lowest BCUT2D eigenvalue weighted by Gasteiger charge is -2.53. The number of carboxylic acid groups (broad SMARTS) is 1. The first-order valence-electron chi connectivity index (χ1n) is 13.7. The van der Waals surface area contributed by atoms with E-state index in [0.717, 1.165) is 54.0 Å². The Bertz CT molecular complexity index is 1170. The number of carboxylic acids is 1. The zero-order valence-corrected chi connectivity index (χ0v) is 23.3. The molecule has 0 spiro atoms. The van der Waals surface area contributed by atoms with Gasteiger partial charge in [0, 0.05) is 30.6 Å². The van der Waals surface area contributed by atoms with Crippen LogP contribution in [0.15, 0.2) is 30.5 Å². The summed E-state index contributed by atoms with van der Waals surface area (Å²) in [5.41, 5.74) is 0.413. The van der Waals surface area contributed by atoms with Crippen LogP contribution in [0.3, 0.4) is 0 Å². The highest BCUT2D eigenvalue weighted by molar-refractivity contribution is 7.98. The number of ether oxygens (including phenoxy) is 1. The second-order valence-corrected chi connectivity index (χ2v) is 12.8. The molecular weight excluding hydrogens is 502 g/mol. The number of H-pyrrole nitrogens is 1. The first-order chi connectivity index (χ1) is 18.2. The molecule has 6 rings (SSSR count). The van der Waals surface area contributed by atoms with Crippen molar-refractivity contribution in [1.29, 1.82) is 0 Å². The molecule has 38 heavy (non-hydrogen) atoms. The molecule has 2 amide bonds. The summed E-state index contributed by atoms with van der Waals surface area (Å²) in [5.74, 6) is 1.43. The third kappa shape index (κ3) is 5.26. The monoisotopic (exact) mass is 541 g/mol. The van der Waals surface area contributed by atoms with Crippen molar-refractivity contribution in [2.75, 3.05) is 19.1 Å². The number of nitrogens with zero attached hydrogens (tertiary/aromatic N) is 1. The number of aromatic nitrogens is 1. The summed E-state index contributed by atoms with van der Waals surface area (Å²) in [5, 5.41) is 13.8. The lowest BCUT2D eigenvalue weighted by atomic mass is 9.55. The number of likely N-dealkylation sites (N-methyl/N-ethyl adjacent to an activating group) is 1. The molecule has 4 aliphatic carbocycles. The molecule has 3 N–H and O–H groups in total. The third-order valence-corrected chi connectivity index (χ3v) is 9.76. The van der Waals surface area contributed by atoms with Gasteiger partial charge in [-0.15, -0.1) is 0 Å². The Morgan fingerprint density at radius 2 is 1.82 bits per heavy atom. The van der Waals surface area contributed by atoms with Crippen molar-refractivity contribution in [1.82, 2.24) is 15.2 Å². The molecule has 0 radical (unpaired) electrons. The van der Waals surface area contributed by atoms with Gasteiger partial charge in [0.05, 0.1) is 0 Å². The van der Waals surface area contributed by atoms with E-state index in [1.807, 2.05) is 36.7 Å². The van der Waals surface area contributed by atoms with Gasteiger partial charge in [0.2, 0.25) is 5.91 Å². The van der Waals surface area contributed by atoms with E-state index in [1.54, 1.807) is 6.92 Å². The summed E-state index contributed by atoms with van der Waals surface area (Å²) in [6, 6.07) is 6.81. The van der Waals surface area contributed by atoms with Crippen LogP contribution >= 0.6 is 11.8 Å². The second-order valence-electron chi connectivity index (χ2n) is 11.8. The van der Waals surface area contributed by atoms with Gasteiger partial charge >= 0.3 is 12.1 Å². The van der Waals surface area contributed by atoms with Gasteiger partial charge in [0.15, 0.2) is 0 Å². The average Bonchev–Trinajstić information content (AvgIpc) is 3.27. The summed E-state index contributed by atoms with van der Waals surface area (Å²) >= 11 is 1.54. The first kappa shape index (κ1) is 26.9. The molecule has 1 aromatic carbocycles. The maximum atomic E-state index is 14.0. The Balaban J connectivity index is 1.38. The Morgan fingerprint density at radius 3 is 2.45 bits per heavy atom. The van der Waals surface area contributed by atoms with Gasteiger partial charge in [-0.3, -0.25) is 4.79 Å². The molecule has 2 atom stereocenters. The number of amides is 2. The van der Waals surface area contributed by atoms with Crippen LogP contribution in [0.1, 0.15) is 51.0 Å². The van der Waals surface area contributed by atoms with E-state index in [4.69, 9.17) is 4.74 Å². The number of aliphatic carboxylic acids is 1. The fourth-order valence-corrected chi connectivity index (χ4v) is 7.98. The van der Waals surface area contributed by atoms with Gasteiger partial charge < -0.3 is 25.0 Å². The van der Waals surface area contributed by atoms with Crippen LogP contribution in [-0.2, 0) is 20.7 Å². The molecule has 8 nitrogen and oxygen atoms in total. The molecule has 0 aliphatic heterocycles. The van der Waals surface area contributed by atoms with Crippen LogP contribution in [0.25, 0.3) is 10.9 Å². The molecule has 206 valence electrons. The number of carbonyl (C=O) groups excluding carboxylic acids is 2. The molecule has 2 aromatic rings. The number of benzene rings is 1. The molecule has 1 aromatic heterocycles. The van der Waals surface area contributed by atoms with Crippen LogP contribution < -0.4 is 5.32 Å². The van der Waals surface area contributed by atoms with Crippen LogP contribution in [-0.4, -0.2) is 69.7 Å². The van der Waals surface area contributed by atoms with Crippen molar-refractivity contribution in [3.63, 3.8) is 0 Å².